The second kappa shape index (κ2) is 14.6. The molecule has 1 unspecified atom stereocenters. The van der Waals surface area contributed by atoms with Gasteiger partial charge in [-0.15, -0.1) is 0 Å². The molecule has 6 aromatic carbocycles. The summed E-state index contributed by atoms with van der Waals surface area (Å²) in [5.74, 6) is -0.956. The van der Waals surface area contributed by atoms with Crippen LogP contribution in [0.25, 0.3) is 0 Å². The zero-order valence-corrected chi connectivity index (χ0v) is 27.8. The number of hydrogen-bond acceptors (Lipinski definition) is 2. The fourth-order valence-electron chi connectivity index (χ4n) is 5.52. The van der Waals surface area contributed by atoms with Crippen molar-refractivity contribution in [3.63, 3.8) is 0 Å². The minimum Gasteiger partial charge on any atom is -0.338 e. The summed E-state index contributed by atoms with van der Waals surface area (Å²) >= 11 is 0. The molecular weight excluding hydrogens is 621 g/mol. The summed E-state index contributed by atoms with van der Waals surface area (Å²) in [6.45, 7) is 1.84. The number of carbonyl (C=O) groups excluding carboxylic acids is 2. The smallest absolute Gasteiger partial charge is 0.338 e. The molecule has 0 aliphatic carbocycles. The van der Waals surface area contributed by atoms with Crippen LogP contribution in [0.5, 0.6) is 0 Å². The van der Waals surface area contributed by atoms with Gasteiger partial charge >= 0.3 is 11.9 Å². The van der Waals surface area contributed by atoms with E-state index in [1.807, 2.05) is 189 Å². The Kier molecular flexibility index (Phi) is 9.91. The predicted octanol–water partition coefficient (Wildman–Crippen LogP) is 10.8. The molecule has 0 spiro atoms. The molecule has 2 N–H and O–H groups in total. The molecule has 6 heteroatoms. The molecule has 0 radical (unpaired) electrons. The van der Waals surface area contributed by atoms with E-state index in [-0.39, 0.29) is 18.4 Å². The van der Waals surface area contributed by atoms with Gasteiger partial charge in [-0.3, -0.25) is 8.37 Å². The van der Waals surface area contributed by atoms with Crippen molar-refractivity contribution < 1.29 is 18.0 Å². The van der Waals surface area contributed by atoms with Crippen LogP contribution >= 0.6 is 20.6 Å². The van der Waals surface area contributed by atoms with E-state index >= 15 is 0 Å². The Labute approximate surface area is 280 Å². The van der Waals surface area contributed by atoms with Gasteiger partial charge in [0, 0.05) is 0 Å². The van der Waals surface area contributed by atoms with Crippen molar-refractivity contribution in [3.8, 4) is 0 Å². The van der Waals surface area contributed by atoms with Crippen molar-refractivity contribution in [2.45, 2.75) is 42.7 Å². The van der Waals surface area contributed by atoms with Crippen LogP contribution in [0.3, 0.4) is 0 Å². The van der Waals surface area contributed by atoms with Crippen LogP contribution in [0.1, 0.15) is 13.3 Å². The van der Waals surface area contributed by atoms with E-state index in [4.69, 9.17) is 8.37 Å². The Bertz CT molecular complexity index is 1690. The standard InChI is InChI=1S/C41H36O4S2/c1-33(41(43)45-47(37-26-14-5-15-27-37,38-28-16-6-17-29-38)39-30-18-7-19-31-39)32-40(42)44-46(34-20-8-2-9-21-34,35-22-10-3-11-23-35)36-24-12-4-13-25-36/h2-31,33H,32H2,1H3/p+2. The highest BCUT2D eigenvalue weighted by Gasteiger charge is 2.47. The lowest BCUT2D eigenvalue weighted by atomic mass is 10.1. The minimum atomic E-state index is -2.39. The average Bonchev–Trinajstić information content (AvgIpc) is 3.15. The summed E-state index contributed by atoms with van der Waals surface area (Å²) in [7, 11) is -4.77. The Balaban J connectivity index is 1.35. The molecule has 0 aromatic heterocycles. The lowest BCUT2D eigenvalue weighted by Crippen LogP contribution is -2.23. The highest BCUT2D eigenvalue weighted by atomic mass is 32.3. The second-order valence-electron chi connectivity index (χ2n) is 11.0. The quantitative estimate of drug-likeness (QED) is 0.130. The molecule has 47 heavy (non-hydrogen) atoms. The zero-order valence-electron chi connectivity index (χ0n) is 26.1. The maximum absolute atomic E-state index is 11.8. The van der Waals surface area contributed by atoms with Crippen LogP contribution in [-0.2, 0) is 8.37 Å². The third-order valence-corrected chi connectivity index (χ3v) is 14.3. The Morgan fingerprint density at radius 3 is 0.915 bits per heavy atom. The molecule has 0 saturated carbocycles. The van der Waals surface area contributed by atoms with Gasteiger partial charge < -0.3 is 9.59 Å². The molecule has 0 aliphatic heterocycles. The van der Waals surface area contributed by atoms with Crippen molar-refractivity contribution in [1.29, 1.82) is 0 Å². The van der Waals surface area contributed by atoms with Gasteiger partial charge in [0.1, 0.15) is 12.3 Å². The fraction of sp³-hybridized carbons (Fsp3) is 0.0732. The summed E-state index contributed by atoms with van der Waals surface area (Å²) in [4.78, 5) is 29.1. The van der Waals surface area contributed by atoms with E-state index in [2.05, 4.69) is 0 Å². The summed E-state index contributed by atoms with van der Waals surface area (Å²) in [5, 5.41) is 0. The molecule has 0 saturated heterocycles. The zero-order chi connectivity index (χ0) is 32.5. The van der Waals surface area contributed by atoms with Gasteiger partial charge in [0.25, 0.3) is 0 Å². The van der Waals surface area contributed by atoms with Crippen LogP contribution in [-0.4, -0.2) is 21.5 Å². The third kappa shape index (κ3) is 6.61. The molecule has 0 aliphatic rings. The predicted molar refractivity (Wildman–Crippen MR) is 193 cm³/mol. The molecular formula is C41H38O4S2+2. The lowest BCUT2D eigenvalue weighted by molar-refractivity contribution is 0.418. The van der Waals surface area contributed by atoms with Crippen molar-refractivity contribution >= 4 is 32.6 Å². The molecule has 4 nitrogen and oxygen atoms in total. The first-order chi connectivity index (χ1) is 23.0. The van der Waals surface area contributed by atoms with E-state index < -0.39 is 26.5 Å². The van der Waals surface area contributed by atoms with Crippen LogP contribution < -0.4 is 0 Å². The van der Waals surface area contributed by atoms with Gasteiger partial charge in [-0.2, -0.15) is 0 Å². The molecule has 0 bridgehead atoms. The highest BCUT2D eigenvalue weighted by molar-refractivity contribution is 8.30. The van der Waals surface area contributed by atoms with Gasteiger partial charge in [0.2, 0.25) is 0 Å². The second-order valence-corrected chi connectivity index (χ2v) is 16.4. The highest BCUT2D eigenvalue weighted by Crippen LogP contribution is 2.70. The van der Waals surface area contributed by atoms with Gasteiger partial charge in [0.05, 0.1) is 50.0 Å². The number of hydrogen-bond donors (Lipinski definition) is 0. The Hall–Kier alpha value is -5.04. The number of benzene rings is 6. The number of rotatable bonds is 11. The van der Waals surface area contributed by atoms with E-state index in [1.165, 1.54) is 0 Å². The molecule has 6 aromatic rings. The van der Waals surface area contributed by atoms with Gasteiger partial charge in [-0.1, -0.05) is 109 Å². The first kappa shape index (κ1) is 31.9. The Morgan fingerprint density at radius 1 is 0.426 bits per heavy atom. The molecule has 0 heterocycles. The van der Waals surface area contributed by atoms with Crippen LogP contribution in [0.2, 0.25) is 0 Å². The fourth-order valence-corrected chi connectivity index (χ4v) is 11.7. The molecule has 0 amide bonds. The normalized spacial score (nSPS) is 12.8. The van der Waals surface area contributed by atoms with Crippen molar-refractivity contribution in [2.24, 2.45) is 5.92 Å². The largest absolute Gasteiger partial charge is 0.499 e. The van der Waals surface area contributed by atoms with Crippen LogP contribution in [0, 0.1) is 5.92 Å². The van der Waals surface area contributed by atoms with Crippen molar-refractivity contribution in [3.05, 3.63) is 182 Å². The van der Waals surface area contributed by atoms with Crippen molar-refractivity contribution in [1.82, 2.24) is 0 Å². The topological polar surface area (TPSA) is 61.3 Å². The molecule has 0 fully saturated rings. The lowest BCUT2D eigenvalue weighted by Gasteiger charge is -2.34. The molecule has 6 rings (SSSR count). The minimum absolute atomic E-state index is 0.0287. The third-order valence-electron chi connectivity index (χ3n) is 7.78. The average molecular weight is 659 g/mol. The van der Waals surface area contributed by atoms with E-state index in [9.17, 15) is 9.59 Å². The van der Waals surface area contributed by atoms with E-state index in [1.54, 1.807) is 0 Å². The van der Waals surface area contributed by atoms with Crippen molar-refractivity contribution in [2.75, 3.05) is 0 Å². The summed E-state index contributed by atoms with van der Waals surface area (Å²) < 4.78 is 13.6. The Morgan fingerprint density at radius 2 is 0.660 bits per heavy atom. The maximum Gasteiger partial charge on any atom is 0.499 e. The van der Waals surface area contributed by atoms with Gasteiger partial charge in [-0.05, 0) is 79.7 Å². The van der Waals surface area contributed by atoms with Gasteiger partial charge in [-0.25, -0.2) is 0 Å². The van der Waals surface area contributed by atoms with Crippen LogP contribution in [0.4, 0.5) is 0 Å². The summed E-state index contributed by atoms with van der Waals surface area (Å²) in [6, 6.07) is 60.1. The first-order valence-corrected chi connectivity index (χ1v) is 18.6. The molecule has 236 valence electrons. The van der Waals surface area contributed by atoms with E-state index in [0.29, 0.717) is 0 Å². The maximum atomic E-state index is 11.8. The summed E-state index contributed by atoms with van der Waals surface area (Å²) in [6.07, 6.45) is 0.0287. The van der Waals surface area contributed by atoms with Gasteiger partial charge in [0.15, 0.2) is 0 Å². The van der Waals surface area contributed by atoms with Crippen LogP contribution in [0.15, 0.2) is 211 Å². The SMILES string of the molecule is CC(CC(=[OH+])OS(c1ccccc1)(c1ccccc1)c1ccccc1)C(=[OH+])OS(c1ccccc1)(c1ccccc1)c1ccccc1. The molecule has 1 atom stereocenters. The first-order valence-electron chi connectivity index (χ1n) is 15.5. The van der Waals surface area contributed by atoms with E-state index in [0.717, 1.165) is 29.4 Å². The summed E-state index contributed by atoms with van der Waals surface area (Å²) in [5.41, 5.74) is 0. The monoisotopic (exact) mass is 658 g/mol.